The Hall–Kier alpha value is -1.10. The van der Waals surface area contributed by atoms with Crippen LogP contribution in [0.3, 0.4) is 0 Å². The Balaban J connectivity index is 3.70. The summed E-state index contributed by atoms with van der Waals surface area (Å²) in [5.74, 6) is -0.279. The number of likely N-dealkylation sites (N-methyl/N-ethyl adjacent to an activating group) is 1. The Labute approximate surface area is 91.0 Å². The quantitative estimate of drug-likeness (QED) is 0.639. The Morgan fingerprint density at radius 1 is 1.40 bits per heavy atom. The van der Waals surface area contributed by atoms with Gasteiger partial charge in [-0.05, 0) is 6.42 Å². The fourth-order valence-electron chi connectivity index (χ4n) is 1.12. The van der Waals surface area contributed by atoms with Crippen molar-refractivity contribution in [1.82, 2.24) is 10.2 Å². The van der Waals surface area contributed by atoms with Gasteiger partial charge < -0.3 is 16.0 Å². The van der Waals surface area contributed by atoms with Crippen molar-refractivity contribution in [2.75, 3.05) is 20.6 Å². The van der Waals surface area contributed by atoms with E-state index in [-0.39, 0.29) is 30.8 Å². The molecule has 2 amide bonds. The van der Waals surface area contributed by atoms with E-state index in [4.69, 9.17) is 5.73 Å². The van der Waals surface area contributed by atoms with Crippen molar-refractivity contribution in [2.24, 2.45) is 5.73 Å². The summed E-state index contributed by atoms with van der Waals surface area (Å²) < 4.78 is 0. The number of nitrogens with two attached hydrogens (primary N) is 1. The summed E-state index contributed by atoms with van der Waals surface area (Å²) in [5.41, 5.74) is 5.70. The van der Waals surface area contributed by atoms with E-state index in [2.05, 4.69) is 5.32 Å². The Morgan fingerprint density at radius 2 is 2.00 bits per heavy atom. The van der Waals surface area contributed by atoms with Crippen LogP contribution < -0.4 is 11.1 Å². The Bertz CT molecular complexity index is 217. The highest BCUT2D eigenvalue weighted by Gasteiger charge is 2.10. The van der Waals surface area contributed by atoms with Gasteiger partial charge in [0.1, 0.15) is 0 Å². The summed E-state index contributed by atoms with van der Waals surface area (Å²) in [6.45, 7) is 2.07. The first-order valence-electron chi connectivity index (χ1n) is 5.19. The van der Waals surface area contributed by atoms with Gasteiger partial charge in [0.25, 0.3) is 0 Å². The van der Waals surface area contributed by atoms with Crippen molar-refractivity contribution in [3.63, 3.8) is 0 Å². The second kappa shape index (κ2) is 7.23. The van der Waals surface area contributed by atoms with E-state index in [1.165, 1.54) is 4.90 Å². The van der Waals surface area contributed by atoms with Crippen molar-refractivity contribution in [1.29, 1.82) is 0 Å². The van der Waals surface area contributed by atoms with E-state index in [1.54, 1.807) is 14.1 Å². The van der Waals surface area contributed by atoms with Crippen LogP contribution in [0.5, 0.6) is 0 Å². The lowest BCUT2D eigenvalue weighted by Gasteiger charge is -2.12. The van der Waals surface area contributed by atoms with Gasteiger partial charge in [0, 0.05) is 26.6 Å². The van der Waals surface area contributed by atoms with Gasteiger partial charge in [-0.15, -0.1) is 0 Å². The standard InChI is InChI=1S/C10H21N3O2/c1-4-5-8(11)6-9(14)12-7-10(15)13(2)3/h8H,4-7,11H2,1-3H3,(H,12,14). The highest BCUT2D eigenvalue weighted by Crippen LogP contribution is 1.97. The summed E-state index contributed by atoms with van der Waals surface area (Å²) >= 11 is 0. The second-order valence-corrected chi connectivity index (χ2v) is 3.82. The van der Waals surface area contributed by atoms with Crippen molar-refractivity contribution in [3.05, 3.63) is 0 Å². The van der Waals surface area contributed by atoms with Gasteiger partial charge in [-0.1, -0.05) is 13.3 Å². The SMILES string of the molecule is CCCC(N)CC(=O)NCC(=O)N(C)C. The van der Waals surface area contributed by atoms with E-state index in [9.17, 15) is 9.59 Å². The largest absolute Gasteiger partial charge is 0.347 e. The minimum Gasteiger partial charge on any atom is -0.347 e. The molecular weight excluding hydrogens is 194 g/mol. The molecule has 0 saturated heterocycles. The number of hydrogen-bond donors (Lipinski definition) is 2. The maximum atomic E-state index is 11.3. The molecule has 0 aliphatic heterocycles. The van der Waals surface area contributed by atoms with Crippen LogP contribution >= 0.6 is 0 Å². The normalized spacial score (nSPS) is 12.0. The maximum Gasteiger partial charge on any atom is 0.241 e. The van der Waals surface area contributed by atoms with Gasteiger partial charge in [0.05, 0.1) is 6.54 Å². The molecule has 0 fully saturated rings. The molecular formula is C10H21N3O2. The van der Waals surface area contributed by atoms with Crippen LogP contribution in [-0.4, -0.2) is 43.4 Å². The number of hydrogen-bond acceptors (Lipinski definition) is 3. The summed E-state index contributed by atoms with van der Waals surface area (Å²) in [4.78, 5) is 23.9. The monoisotopic (exact) mass is 215 g/mol. The molecule has 0 rings (SSSR count). The highest BCUT2D eigenvalue weighted by atomic mass is 16.2. The highest BCUT2D eigenvalue weighted by molar-refractivity contribution is 5.84. The van der Waals surface area contributed by atoms with Crippen molar-refractivity contribution in [2.45, 2.75) is 32.2 Å². The molecule has 1 unspecified atom stereocenters. The third kappa shape index (κ3) is 6.90. The lowest BCUT2D eigenvalue weighted by Crippen LogP contribution is -2.38. The maximum absolute atomic E-state index is 11.3. The lowest BCUT2D eigenvalue weighted by atomic mass is 10.1. The van der Waals surface area contributed by atoms with Crippen molar-refractivity contribution < 1.29 is 9.59 Å². The molecule has 0 aromatic rings. The molecule has 0 radical (unpaired) electrons. The van der Waals surface area contributed by atoms with E-state index in [0.29, 0.717) is 0 Å². The average molecular weight is 215 g/mol. The molecule has 0 aliphatic carbocycles. The fourth-order valence-corrected chi connectivity index (χ4v) is 1.12. The van der Waals surface area contributed by atoms with Crippen LogP contribution in [0.25, 0.3) is 0 Å². The van der Waals surface area contributed by atoms with E-state index >= 15 is 0 Å². The Morgan fingerprint density at radius 3 is 2.47 bits per heavy atom. The number of nitrogens with one attached hydrogen (secondary N) is 1. The van der Waals surface area contributed by atoms with E-state index in [0.717, 1.165) is 12.8 Å². The molecule has 5 heteroatoms. The van der Waals surface area contributed by atoms with Crippen LogP contribution in [0.4, 0.5) is 0 Å². The van der Waals surface area contributed by atoms with Gasteiger partial charge >= 0.3 is 0 Å². The first-order valence-corrected chi connectivity index (χ1v) is 5.19. The molecule has 0 aliphatic rings. The second-order valence-electron chi connectivity index (χ2n) is 3.82. The molecule has 1 atom stereocenters. The van der Waals surface area contributed by atoms with Gasteiger partial charge in [0.2, 0.25) is 11.8 Å². The number of carbonyl (C=O) groups is 2. The minimum atomic E-state index is -0.161. The van der Waals surface area contributed by atoms with Crippen LogP contribution in [0, 0.1) is 0 Å². The lowest BCUT2D eigenvalue weighted by molar-refractivity contribution is -0.131. The smallest absolute Gasteiger partial charge is 0.241 e. The first-order chi connectivity index (χ1) is 6.97. The fraction of sp³-hybridized carbons (Fsp3) is 0.800. The molecule has 3 N–H and O–H groups in total. The summed E-state index contributed by atoms with van der Waals surface area (Å²) in [7, 11) is 3.30. The zero-order chi connectivity index (χ0) is 11.8. The topological polar surface area (TPSA) is 75.4 Å². The average Bonchev–Trinajstić information content (AvgIpc) is 2.14. The van der Waals surface area contributed by atoms with Crippen LogP contribution in [0.1, 0.15) is 26.2 Å². The third-order valence-corrected chi connectivity index (χ3v) is 2.04. The Kier molecular flexibility index (Phi) is 6.70. The van der Waals surface area contributed by atoms with Crippen molar-refractivity contribution >= 4 is 11.8 Å². The molecule has 0 aromatic heterocycles. The zero-order valence-electron chi connectivity index (χ0n) is 9.75. The van der Waals surface area contributed by atoms with E-state index < -0.39 is 0 Å². The molecule has 15 heavy (non-hydrogen) atoms. The number of rotatable bonds is 6. The summed E-state index contributed by atoms with van der Waals surface area (Å²) in [6.07, 6.45) is 2.08. The predicted molar refractivity (Wildman–Crippen MR) is 59.2 cm³/mol. The van der Waals surface area contributed by atoms with Gasteiger partial charge in [-0.3, -0.25) is 9.59 Å². The van der Waals surface area contributed by atoms with Gasteiger partial charge in [-0.2, -0.15) is 0 Å². The van der Waals surface area contributed by atoms with Gasteiger partial charge in [-0.25, -0.2) is 0 Å². The van der Waals surface area contributed by atoms with Gasteiger partial charge in [0.15, 0.2) is 0 Å². The molecule has 0 saturated carbocycles. The number of amides is 2. The molecule has 0 bridgehead atoms. The molecule has 5 nitrogen and oxygen atoms in total. The first kappa shape index (κ1) is 13.9. The van der Waals surface area contributed by atoms with E-state index in [1.807, 2.05) is 6.92 Å². The number of carbonyl (C=O) groups excluding carboxylic acids is 2. The number of nitrogens with zero attached hydrogens (tertiary/aromatic N) is 1. The third-order valence-electron chi connectivity index (χ3n) is 2.04. The van der Waals surface area contributed by atoms with Crippen LogP contribution in [0.2, 0.25) is 0 Å². The molecule has 0 spiro atoms. The molecule has 88 valence electrons. The molecule has 0 aromatic carbocycles. The summed E-state index contributed by atoms with van der Waals surface area (Å²) in [5, 5.41) is 2.54. The zero-order valence-corrected chi connectivity index (χ0v) is 9.75. The van der Waals surface area contributed by atoms with Crippen LogP contribution in [0.15, 0.2) is 0 Å². The predicted octanol–water partition coefficient (Wildman–Crippen LogP) is -0.292. The van der Waals surface area contributed by atoms with Crippen LogP contribution in [-0.2, 0) is 9.59 Å². The minimum absolute atomic E-state index is 0.0463. The molecule has 0 heterocycles. The van der Waals surface area contributed by atoms with Crippen molar-refractivity contribution in [3.8, 4) is 0 Å². The summed E-state index contributed by atoms with van der Waals surface area (Å²) in [6, 6.07) is -0.107.